The summed E-state index contributed by atoms with van der Waals surface area (Å²) >= 11 is 0. The first-order valence-corrected chi connectivity index (χ1v) is 2.23. The molecule has 0 spiro atoms. The van der Waals surface area contributed by atoms with Crippen LogP contribution in [0.3, 0.4) is 0 Å². The van der Waals surface area contributed by atoms with Gasteiger partial charge in [0, 0.05) is 4.91 Å². The van der Waals surface area contributed by atoms with Crippen LogP contribution in [-0.4, -0.2) is 27.0 Å². The van der Waals surface area contributed by atoms with Crippen molar-refractivity contribution in [2.75, 3.05) is 0 Å². The average molecular weight is 130 g/mol. The number of aliphatic hydroxyl groups excluding tert-OH is 2. The van der Waals surface area contributed by atoms with E-state index in [1.54, 1.807) is 0 Å². The van der Waals surface area contributed by atoms with Crippen molar-refractivity contribution in [1.29, 1.82) is 0 Å². The minimum atomic E-state index is -1.47. The molecule has 0 aromatic carbocycles. The van der Waals surface area contributed by atoms with Gasteiger partial charge in [0.25, 0.3) is 0 Å². The third kappa shape index (κ3) is 0.706. The highest BCUT2D eigenvalue weighted by molar-refractivity contribution is 5.77. The zero-order chi connectivity index (χ0) is 7.02. The molecule has 1 unspecified atom stereocenters. The number of nitroso groups, excluding NO2 is 1. The topological polar surface area (TPSA) is 77.6 Å². The van der Waals surface area contributed by atoms with Gasteiger partial charge in [-0.25, -0.2) is 4.79 Å². The van der Waals surface area contributed by atoms with Crippen molar-refractivity contribution in [2.45, 2.75) is 6.10 Å². The zero-order valence-electron chi connectivity index (χ0n) is 4.31. The predicted octanol–water partition coefficient (Wildman–Crippen LogP) is -0.934. The van der Waals surface area contributed by atoms with Gasteiger partial charge in [-0.05, 0) is 0 Å². The van der Waals surface area contributed by atoms with Gasteiger partial charge >= 0.3 is 11.8 Å². The van der Waals surface area contributed by atoms with E-state index in [0.717, 1.165) is 6.08 Å². The van der Waals surface area contributed by atoms with Gasteiger partial charge in [-0.1, -0.05) is 0 Å². The highest BCUT2D eigenvalue weighted by Gasteiger charge is 2.42. The molecule has 1 heterocycles. The SMILES string of the molecule is O=C1C(O)C=C(O)[N+]1=O. The molecule has 1 amide bonds. The van der Waals surface area contributed by atoms with E-state index in [1.807, 2.05) is 0 Å². The van der Waals surface area contributed by atoms with Crippen molar-refractivity contribution in [1.82, 2.24) is 0 Å². The van der Waals surface area contributed by atoms with Crippen molar-refractivity contribution >= 4 is 5.91 Å². The first-order chi connectivity index (χ1) is 4.13. The van der Waals surface area contributed by atoms with Crippen LogP contribution in [0.15, 0.2) is 12.0 Å². The molecule has 0 aromatic heterocycles. The van der Waals surface area contributed by atoms with Crippen LogP contribution in [0.4, 0.5) is 0 Å². The van der Waals surface area contributed by atoms with Crippen LogP contribution in [-0.2, 0) is 4.79 Å². The molecule has 0 saturated heterocycles. The second kappa shape index (κ2) is 1.63. The summed E-state index contributed by atoms with van der Waals surface area (Å²) in [5.74, 6) is -1.79. The molecule has 1 aliphatic heterocycles. The van der Waals surface area contributed by atoms with E-state index < -0.39 is 17.9 Å². The Morgan fingerprint density at radius 2 is 2.22 bits per heavy atom. The summed E-state index contributed by atoms with van der Waals surface area (Å²) < 4.78 is -0.259. The molecule has 0 saturated carbocycles. The van der Waals surface area contributed by atoms with Gasteiger partial charge in [-0.3, -0.25) is 0 Å². The molecule has 1 aliphatic rings. The lowest BCUT2D eigenvalue weighted by atomic mass is 10.4. The van der Waals surface area contributed by atoms with Crippen molar-refractivity contribution < 1.29 is 19.8 Å². The van der Waals surface area contributed by atoms with E-state index in [1.165, 1.54) is 0 Å². The van der Waals surface area contributed by atoms with Crippen molar-refractivity contribution in [3.8, 4) is 0 Å². The van der Waals surface area contributed by atoms with Crippen LogP contribution in [0.1, 0.15) is 0 Å². The minimum Gasteiger partial charge on any atom is -0.457 e. The van der Waals surface area contributed by atoms with E-state index in [-0.39, 0.29) is 4.76 Å². The van der Waals surface area contributed by atoms with Crippen LogP contribution in [0.2, 0.25) is 0 Å². The second-order valence-corrected chi connectivity index (χ2v) is 1.60. The largest absolute Gasteiger partial charge is 0.476 e. The lowest BCUT2D eigenvalue weighted by Gasteiger charge is -1.79. The van der Waals surface area contributed by atoms with Gasteiger partial charge in [-0.2, -0.15) is 0 Å². The standard InChI is InChI=1S/C4H3NO4/c6-2-1-3(7)5(9)4(2)8/h1-2,6H/p+1. The summed E-state index contributed by atoms with van der Waals surface area (Å²) in [5.41, 5.74) is 0. The summed E-state index contributed by atoms with van der Waals surface area (Å²) in [6, 6.07) is 0. The Morgan fingerprint density at radius 3 is 2.33 bits per heavy atom. The molecule has 5 heteroatoms. The zero-order valence-corrected chi connectivity index (χ0v) is 4.31. The fraction of sp³-hybridized carbons (Fsp3) is 0.250. The molecule has 2 N–H and O–H groups in total. The molecule has 0 bridgehead atoms. The lowest BCUT2D eigenvalue weighted by Crippen LogP contribution is -2.20. The molecule has 0 aromatic rings. The molecule has 0 radical (unpaired) electrons. The number of aliphatic hydroxyl groups is 2. The van der Waals surface area contributed by atoms with Crippen molar-refractivity contribution in [2.24, 2.45) is 0 Å². The highest BCUT2D eigenvalue weighted by Crippen LogP contribution is 2.06. The smallest absolute Gasteiger partial charge is 0.457 e. The first-order valence-electron chi connectivity index (χ1n) is 2.23. The van der Waals surface area contributed by atoms with Gasteiger partial charge < -0.3 is 10.2 Å². The molecule has 5 nitrogen and oxygen atoms in total. The maximum atomic E-state index is 10.3. The number of carbonyl (C=O) groups excluding carboxylic acids is 1. The summed E-state index contributed by atoms with van der Waals surface area (Å²) in [5, 5.41) is 16.9. The van der Waals surface area contributed by atoms with Gasteiger partial charge in [-0.15, -0.1) is 0 Å². The molecule has 1 rings (SSSR count). The Morgan fingerprint density at radius 1 is 1.67 bits per heavy atom. The molecular formula is C4H4NO4+. The number of hydrogen-bond acceptors (Lipinski definition) is 4. The number of amides is 1. The summed E-state index contributed by atoms with van der Waals surface area (Å²) in [6.07, 6.45) is -0.697. The predicted molar refractivity (Wildman–Crippen MR) is 25.4 cm³/mol. The molecule has 0 aliphatic carbocycles. The monoisotopic (exact) mass is 130 g/mol. The van der Waals surface area contributed by atoms with E-state index in [2.05, 4.69) is 0 Å². The molecule has 48 valence electrons. The molecule has 0 fully saturated rings. The Kier molecular flexibility index (Phi) is 1.07. The van der Waals surface area contributed by atoms with Crippen LogP contribution >= 0.6 is 0 Å². The molecule has 1 atom stereocenters. The quantitative estimate of drug-likeness (QED) is 0.415. The van der Waals surface area contributed by atoms with E-state index >= 15 is 0 Å². The third-order valence-electron chi connectivity index (χ3n) is 0.968. The second-order valence-electron chi connectivity index (χ2n) is 1.60. The Bertz CT molecular complexity index is 207. The van der Waals surface area contributed by atoms with Crippen LogP contribution in [0.5, 0.6) is 0 Å². The van der Waals surface area contributed by atoms with Gasteiger partial charge in [0.1, 0.15) is 0 Å². The van der Waals surface area contributed by atoms with Crippen LogP contribution < -0.4 is 0 Å². The lowest BCUT2D eigenvalue weighted by molar-refractivity contribution is -0.445. The maximum absolute atomic E-state index is 10.3. The molecular weight excluding hydrogens is 126 g/mol. The van der Waals surface area contributed by atoms with Crippen LogP contribution in [0.25, 0.3) is 0 Å². The average Bonchev–Trinajstić information content (AvgIpc) is 1.98. The highest BCUT2D eigenvalue weighted by atomic mass is 16.4. The minimum absolute atomic E-state index is 0.259. The fourth-order valence-electron chi connectivity index (χ4n) is 0.513. The maximum Gasteiger partial charge on any atom is 0.476 e. The number of rotatable bonds is 0. The summed E-state index contributed by atoms with van der Waals surface area (Å²) in [7, 11) is 0. The van der Waals surface area contributed by atoms with Crippen molar-refractivity contribution in [3.63, 3.8) is 0 Å². The number of nitrogens with zero attached hydrogens (tertiary/aromatic N) is 1. The summed E-state index contributed by atoms with van der Waals surface area (Å²) in [6.45, 7) is 0. The fourth-order valence-corrected chi connectivity index (χ4v) is 0.513. The van der Waals surface area contributed by atoms with Gasteiger partial charge in [0.15, 0.2) is 4.76 Å². The Balaban J connectivity index is 2.95. The Hall–Kier alpha value is -1.23. The van der Waals surface area contributed by atoms with E-state index in [4.69, 9.17) is 10.2 Å². The first kappa shape index (κ1) is 5.90. The number of hydrogen-bond donors (Lipinski definition) is 2. The van der Waals surface area contributed by atoms with Crippen LogP contribution in [0, 0.1) is 4.91 Å². The number of carbonyl (C=O) groups is 1. The molecule has 9 heavy (non-hydrogen) atoms. The van der Waals surface area contributed by atoms with Gasteiger partial charge in [0.05, 0.1) is 6.08 Å². The normalized spacial score (nSPS) is 26.8. The Labute approximate surface area is 49.8 Å². The van der Waals surface area contributed by atoms with E-state index in [0.29, 0.717) is 0 Å². The van der Waals surface area contributed by atoms with Crippen molar-refractivity contribution in [3.05, 3.63) is 16.9 Å². The third-order valence-corrected chi connectivity index (χ3v) is 0.968. The summed E-state index contributed by atoms with van der Waals surface area (Å²) in [4.78, 5) is 20.5. The van der Waals surface area contributed by atoms with E-state index in [9.17, 15) is 9.70 Å². The van der Waals surface area contributed by atoms with Gasteiger partial charge in [0.2, 0.25) is 6.10 Å².